The van der Waals surface area contributed by atoms with E-state index >= 15 is 0 Å². The monoisotopic (exact) mass is 528 g/mol. The number of carboxylic acid groups (broad SMARTS) is 1. The standard InChI is InChI=1S/C30H31F3O5/c1-28-16-24(19-6-4-18(5-7-19)3-2-14-38-17-26(35)36)27-22-11-9-21(34)15-20(22)8-10-23(27)25(28)12-13-29(28,37)30(31,32)33/h4-7,15,23-25,37H,8-14,16-17H2,1H3,(H,35,36)/t23?,24?,25?,28?,29-/m0/s1. The summed E-state index contributed by atoms with van der Waals surface area (Å²) >= 11 is 0. The molecule has 1 aromatic rings. The van der Waals surface area contributed by atoms with Gasteiger partial charge in [-0.3, -0.25) is 4.79 Å². The first-order valence-corrected chi connectivity index (χ1v) is 13.1. The number of ketones is 1. The van der Waals surface area contributed by atoms with Crippen LogP contribution < -0.4 is 0 Å². The average molecular weight is 529 g/mol. The molecule has 38 heavy (non-hydrogen) atoms. The van der Waals surface area contributed by atoms with Crippen LogP contribution in [0.2, 0.25) is 0 Å². The molecule has 0 aliphatic heterocycles. The number of hydrogen-bond acceptors (Lipinski definition) is 4. The second-order valence-corrected chi connectivity index (χ2v) is 11.2. The van der Waals surface area contributed by atoms with Gasteiger partial charge in [-0.25, -0.2) is 4.79 Å². The van der Waals surface area contributed by atoms with Crippen LogP contribution in [-0.4, -0.2) is 47.0 Å². The number of rotatable bonds is 4. The van der Waals surface area contributed by atoms with Gasteiger partial charge >= 0.3 is 12.1 Å². The van der Waals surface area contributed by atoms with Crippen molar-refractivity contribution in [3.63, 3.8) is 0 Å². The number of fused-ring (bicyclic) bond motifs is 4. The van der Waals surface area contributed by atoms with Crippen molar-refractivity contribution in [2.75, 3.05) is 13.2 Å². The van der Waals surface area contributed by atoms with Gasteiger partial charge in [0, 0.05) is 23.3 Å². The third-order valence-corrected chi connectivity index (χ3v) is 9.30. The van der Waals surface area contributed by atoms with Crippen molar-refractivity contribution in [1.82, 2.24) is 0 Å². The number of halogens is 3. The van der Waals surface area contributed by atoms with E-state index in [2.05, 4.69) is 11.8 Å². The summed E-state index contributed by atoms with van der Waals surface area (Å²) in [6.07, 6.45) is -0.392. The van der Waals surface area contributed by atoms with Crippen LogP contribution in [0.4, 0.5) is 13.2 Å². The molecule has 4 aliphatic carbocycles. The number of carbonyl (C=O) groups is 2. The molecule has 0 bridgehead atoms. The molecule has 0 amide bonds. The Hall–Kier alpha value is -2.89. The maximum Gasteiger partial charge on any atom is 0.417 e. The Bertz CT molecular complexity index is 1270. The van der Waals surface area contributed by atoms with Crippen molar-refractivity contribution in [2.24, 2.45) is 17.3 Å². The molecule has 5 nitrogen and oxygen atoms in total. The second kappa shape index (κ2) is 9.69. The van der Waals surface area contributed by atoms with E-state index in [1.807, 2.05) is 24.3 Å². The maximum atomic E-state index is 14.3. The van der Waals surface area contributed by atoms with Crippen LogP contribution in [0, 0.1) is 29.1 Å². The summed E-state index contributed by atoms with van der Waals surface area (Å²) in [6, 6.07) is 7.38. The number of carboxylic acids is 1. The van der Waals surface area contributed by atoms with Crippen molar-refractivity contribution in [2.45, 2.75) is 69.6 Å². The number of ether oxygens (including phenoxy) is 1. The lowest BCUT2D eigenvalue weighted by Crippen LogP contribution is -2.58. The van der Waals surface area contributed by atoms with E-state index in [9.17, 15) is 27.9 Å². The van der Waals surface area contributed by atoms with E-state index in [1.54, 1.807) is 13.0 Å². The van der Waals surface area contributed by atoms with E-state index < -0.39 is 29.8 Å². The summed E-state index contributed by atoms with van der Waals surface area (Å²) in [6.45, 7) is 1.16. The van der Waals surface area contributed by atoms with E-state index in [1.165, 1.54) is 0 Å². The van der Waals surface area contributed by atoms with Crippen molar-refractivity contribution < 1.29 is 37.7 Å². The number of hydrogen-bond donors (Lipinski definition) is 2. The van der Waals surface area contributed by atoms with Gasteiger partial charge in [0.1, 0.15) is 13.2 Å². The first kappa shape index (κ1) is 26.7. The van der Waals surface area contributed by atoms with Crippen molar-refractivity contribution in [1.29, 1.82) is 0 Å². The molecule has 0 spiro atoms. The van der Waals surface area contributed by atoms with Crippen LogP contribution in [0.3, 0.4) is 0 Å². The lowest BCUT2D eigenvalue weighted by molar-refractivity contribution is -0.299. The van der Waals surface area contributed by atoms with Gasteiger partial charge in [0.25, 0.3) is 0 Å². The minimum absolute atomic E-state index is 0.0296. The first-order chi connectivity index (χ1) is 17.9. The van der Waals surface area contributed by atoms with Gasteiger partial charge in [0.05, 0.1) is 0 Å². The van der Waals surface area contributed by atoms with Gasteiger partial charge in [-0.15, -0.1) is 0 Å². The second-order valence-electron chi connectivity index (χ2n) is 11.2. The molecule has 0 aromatic heterocycles. The molecule has 4 aliphatic rings. The van der Waals surface area contributed by atoms with Crippen LogP contribution in [0.5, 0.6) is 0 Å². The number of aliphatic hydroxyl groups is 1. The molecule has 0 heterocycles. The predicted molar refractivity (Wildman–Crippen MR) is 133 cm³/mol. The number of carbonyl (C=O) groups excluding carboxylic acids is 1. The number of aliphatic carboxylic acids is 1. The molecule has 2 saturated carbocycles. The minimum Gasteiger partial charge on any atom is -0.480 e. The van der Waals surface area contributed by atoms with Crippen LogP contribution in [0.1, 0.15) is 68.9 Å². The van der Waals surface area contributed by atoms with Crippen LogP contribution in [0.15, 0.2) is 47.1 Å². The van der Waals surface area contributed by atoms with Crippen molar-refractivity contribution in [3.8, 4) is 11.8 Å². The quantitative estimate of drug-likeness (QED) is 0.408. The molecule has 4 unspecified atom stereocenters. The minimum atomic E-state index is -4.72. The lowest BCUT2D eigenvalue weighted by Gasteiger charge is -2.55. The SMILES string of the molecule is CC12CC(c3ccc(C#CCOCC(=O)O)cc3)C3=C4CCC(=O)C=C4CCC3C1CC[C@@]2(O)C(F)(F)F. The molecule has 0 saturated heterocycles. The summed E-state index contributed by atoms with van der Waals surface area (Å²) in [7, 11) is 0. The van der Waals surface area contributed by atoms with Gasteiger partial charge in [-0.05, 0) is 85.3 Å². The fraction of sp³-hybridized carbons (Fsp3) is 0.533. The highest BCUT2D eigenvalue weighted by Gasteiger charge is 2.72. The Morgan fingerprint density at radius 2 is 1.89 bits per heavy atom. The normalized spacial score (nSPS) is 32.5. The molecule has 2 N–H and O–H groups in total. The smallest absolute Gasteiger partial charge is 0.417 e. The van der Waals surface area contributed by atoms with E-state index in [0.29, 0.717) is 37.7 Å². The molecule has 8 heteroatoms. The zero-order valence-electron chi connectivity index (χ0n) is 21.2. The Morgan fingerprint density at radius 1 is 1.16 bits per heavy atom. The topological polar surface area (TPSA) is 83.8 Å². The summed E-state index contributed by atoms with van der Waals surface area (Å²) in [5.41, 5.74) is 0.810. The summed E-state index contributed by atoms with van der Waals surface area (Å²) < 4.78 is 47.9. The highest BCUT2D eigenvalue weighted by Crippen LogP contribution is 2.69. The third-order valence-electron chi connectivity index (χ3n) is 9.30. The molecule has 202 valence electrons. The van der Waals surface area contributed by atoms with E-state index in [0.717, 1.165) is 22.3 Å². The maximum absolute atomic E-state index is 14.3. The third kappa shape index (κ3) is 4.40. The van der Waals surface area contributed by atoms with Gasteiger partial charge in [-0.1, -0.05) is 36.5 Å². The predicted octanol–water partition coefficient (Wildman–Crippen LogP) is 5.33. The fourth-order valence-corrected chi connectivity index (χ4v) is 7.56. The Labute approximate surface area is 219 Å². The van der Waals surface area contributed by atoms with Crippen molar-refractivity contribution >= 4 is 11.8 Å². The molecule has 1 aromatic carbocycles. The zero-order chi connectivity index (χ0) is 27.3. The average Bonchev–Trinajstić information content (AvgIpc) is 3.14. The van der Waals surface area contributed by atoms with E-state index in [4.69, 9.17) is 9.84 Å². The van der Waals surface area contributed by atoms with E-state index in [-0.39, 0.29) is 43.0 Å². The van der Waals surface area contributed by atoms with Gasteiger partial charge in [0.15, 0.2) is 11.4 Å². The van der Waals surface area contributed by atoms with Crippen molar-refractivity contribution in [3.05, 3.63) is 58.2 Å². The lowest BCUT2D eigenvalue weighted by atomic mass is 9.51. The number of benzene rings is 1. The molecule has 5 atom stereocenters. The summed E-state index contributed by atoms with van der Waals surface area (Å²) in [5.74, 6) is 4.06. The Balaban J connectivity index is 1.53. The summed E-state index contributed by atoms with van der Waals surface area (Å²) in [5, 5.41) is 19.8. The molecule has 5 rings (SSSR count). The van der Waals surface area contributed by atoms with Gasteiger partial charge < -0.3 is 14.9 Å². The first-order valence-electron chi connectivity index (χ1n) is 13.1. The zero-order valence-corrected chi connectivity index (χ0v) is 21.2. The number of alkyl halides is 3. The van der Waals surface area contributed by atoms with Crippen LogP contribution in [0.25, 0.3) is 0 Å². The van der Waals surface area contributed by atoms with Crippen LogP contribution >= 0.6 is 0 Å². The highest BCUT2D eigenvalue weighted by molar-refractivity contribution is 5.93. The molecular weight excluding hydrogens is 497 g/mol. The Morgan fingerprint density at radius 3 is 2.58 bits per heavy atom. The summed E-state index contributed by atoms with van der Waals surface area (Å²) in [4.78, 5) is 22.7. The van der Waals surface area contributed by atoms with Gasteiger partial charge in [-0.2, -0.15) is 13.2 Å². The van der Waals surface area contributed by atoms with Gasteiger partial charge in [0.2, 0.25) is 0 Å². The molecule has 2 fully saturated rings. The van der Waals surface area contributed by atoms with Crippen LogP contribution in [-0.2, 0) is 14.3 Å². The largest absolute Gasteiger partial charge is 0.480 e. The molecular formula is C30H31F3O5. The molecule has 0 radical (unpaired) electrons. The highest BCUT2D eigenvalue weighted by atomic mass is 19.4. The Kier molecular flexibility index (Phi) is 6.81. The fourth-order valence-electron chi connectivity index (χ4n) is 7.56. The number of allylic oxidation sites excluding steroid dienone is 4.